The third-order valence-corrected chi connectivity index (χ3v) is 3.22. The Morgan fingerprint density at radius 1 is 0.733 bits per heavy atom. The number of hydrogen-bond acceptors (Lipinski definition) is 1. The molecule has 0 aromatic heterocycles. The van der Waals surface area contributed by atoms with Crippen LogP contribution in [0.2, 0.25) is 0 Å². The molecule has 0 saturated carbocycles. The highest BCUT2D eigenvalue weighted by Crippen LogP contribution is 2.11. The molecular formula is C14H31N. The lowest BCUT2D eigenvalue weighted by Crippen LogP contribution is -2.24. The monoisotopic (exact) mass is 213 g/mol. The summed E-state index contributed by atoms with van der Waals surface area (Å²) in [5, 5.41) is 3.45. The number of hydrogen-bond donors (Lipinski definition) is 1. The maximum atomic E-state index is 3.45. The van der Waals surface area contributed by atoms with Gasteiger partial charge in [-0.15, -0.1) is 0 Å². The summed E-state index contributed by atoms with van der Waals surface area (Å²) in [7, 11) is 2.11. The highest BCUT2D eigenvalue weighted by molar-refractivity contribution is 4.64. The van der Waals surface area contributed by atoms with E-state index >= 15 is 0 Å². The number of rotatable bonds is 11. The molecule has 1 heteroatoms. The molecule has 1 unspecified atom stereocenters. The molecule has 0 spiro atoms. The molecule has 92 valence electrons. The predicted molar refractivity (Wildman–Crippen MR) is 70.4 cm³/mol. The summed E-state index contributed by atoms with van der Waals surface area (Å²) in [6.45, 7) is 4.56. The first-order valence-electron chi connectivity index (χ1n) is 7.02. The van der Waals surface area contributed by atoms with Gasteiger partial charge < -0.3 is 5.32 Å². The van der Waals surface area contributed by atoms with Crippen molar-refractivity contribution in [1.29, 1.82) is 0 Å². The first-order valence-corrected chi connectivity index (χ1v) is 7.02. The molecule has 0 heterocycles. The molecule has 0 aliphatic heterocycles. The van der Waals surface area contributed by atoms with Crippen LogP contribution in [0, 0.1) is 0 Å². The van der Waals surface area contributed by atoms with Gasteiger partial charge in [0.2, 0.25) is 0 Å². The quantitative estimate of drug-likeness (QED) is 0.498. The second-order valence-corrected chi connectivity index (χ2v) is 4.68. The highest BCUT2D eigenvalue weighted by atomic mass is 14.9. The lowest BCUT2D eigenvalue weighted by Gasteiger charge is -2.15. The van der Waals surface area contributed by atoms with E-state index in [0.717, 1.165) is 6.04 Å². The van der Waals surface area contributed by atoms with Crippen LogP contribution in [0.15, 0.2) is 0 Å². The van der Waals surface area contributed by atoms with E-state index in [4.69, 9.17) is 0 Å². The summed E-state index contributed by atoms with van der Waals surface area (Å²) in [4.78, 5) is 0. The first-order chi connectivity index (χ1) is 7.35. The van der Waals surface area contributed by atoms with Gasteiger partial charge in [0.25, 0.3) is 0 Å². The summed E-state index contributed by atoms with van der Waals surface area (Å²) in [5.41, 5.74) is 0. The van der Waals surface area contributed by atoms with Crippen LogP contribution in [0.4, 0.5) is 0 Å². The van der Waals surface area contributed by atoms with E-state index in [-0.39, 0.29) is 0 Å². The molecule has 0 aromatic carbocycles. The average Bonchev–Trinajstić information content (AvgIpc) is 2.26. The third-order valence-electron chi connectivity index (χ3n) is 3.22. The molecule has 15 heavy (non-hydrogen) atoms. The Morgan fingerprint density at radius 2 is 1.20 bits per heavy atom. The van der Waals surface area contributed by atoms with E-state index in [0.29, 0.717) is 0 Å². The predicted octanol–water partition coefficient (Wildman–Crippen LogP) is 4.52. The minimum absolute atomic E-state index is 0.776. The molecule has 0 fully saturated rings. The Hall–Kier alpha value is -0.0400. The molecule has 0 aromatic rings. The first kappa shape index (κ1) is 15.0. The minimum atomic E-state index is 0.776. The Balaban J connectivity index is 3.28. The fraction of sp³-hybridized carbons (Fsp3) is 1.00. The van der Waals surface area contributed by atoms with Gasteiger partial charge in [-0.2, -0.15) is 0 Å². The molecule has 0 rings (SSSR count). The van der Waals surface area contributed by atoms with Crippen LogP contribution in [0.25, 0.3) is 0 Å². The van der Waals surface area contributed by atoms with Crippen LogP contribution < -0.4 is 5.32 Å². The Bertz CT molecular complexity index is 112. The zero-order chi connectivity index (χ0) is 11.4. The molecule has 1 nitrogen and oxygen atoms in total. The maximum absolute atomic E-state index is 3.45. The van der Waals surface area contributed by atoms with Crippen molar-refractivity contribution in [2.45, 2.75) is 84.1 Å². The summed E-state index contributed by atoms with van der Waals surface area (Å²) in [6, 6.07) is 0.776. The molecule has 0 aliphatic rings. The summed E-state index contributed by atoms with van der Waals surface area (Å²) in [6.07, 6.45) is 13.9. The topological polar surface area (TPSA) is 12.0 Å². The summed E-state index contributed by atoms with van der Waals surface area (Å²) >= 11 is 0. The molecule has 1 atom stereocenters. The fourth-order valence-corrected chi connectivity index (χ4v) is 2.07. The number of unbranched alkanes of at least 4 members (excludes halogenated alkanes) is 6. The van der Waals surface area contributed by atoms with Gasteiger partial charge >= 0.3 is 0 Å². The highest BCUT2D eigenvalue weighted by Gasteiger charge is 2.04. The van der Waals surface area contributed by atoms with Crippen molar-refractivity contribution in [1.82, 2.24) is 5.32 Å². The second-order valence-electron chi connectivity index (χ2n) is 4.68. The van der Waals surface area contributed by atoms with E-state index in [2.05, 4.69) is 26.2 Å². The van der Waals surface area contributed by atoms with E-state index in [9.17, 15) is 0 Å². The molecule has 1 N–H and O–H groups in total. The molecule has 0 amide bonds. The van der Waals surface area contributed by atoms with Gasteiger partial charge in [0.05, 0.1) is 0 Å². The van der Waals surface area contributed by atoms with E-state index in [1.54, 1.807) is 0 Å². The smallest absolute Gasteiger partial charge is 0.00640 e. The van der Waals surface area contributed by atoms with Crippen LogP contribution in [-0.2, 0) is 0 Å². The van der Waals surface area contributed by atoms with Gasteiger partial charge in [0.1, 0.15) is 0 Å². The van der Waals surface area contributed by atoms with Crippen molar-refractivity contribution < 1.29 is 0 Å². The summed E-state index contributed by atoms with van der Waals surface area (Å²) < 4.78 is 0. The van der Waals surface area contributed by atoms with Crippen molar-refractivity contribution in [3.8, 4) is 0 Å². The zero-order valence-corrected chi connectivity index (χ0v) is 11.1. The SMILES string of the molecule is CCCCCCCC(CCCCC)NC. The van der Waals surface area contributed by atoms with Crippen molar-refractivity contribution in [2.75, 3.05) is 7.05 Å². The van der Waals surface area contributed by atoms with Crippen molar-refractivity contribution in [2.24, 2.45) is 0 Å². The van der Waals surface area contributed by atoms with Gasteiger partial charge in [-0.1, -0.05) is 65.2 Å². The number of nitrogens with one attached hydrogen (secondary N) is 1. The maximum Gasteiger partial charge on any atom is 0.00640 e. The average molecular weight is 213 g/mol. The van der Waals surface area contributed by atoms with E-state index in [1.807, 2.05) is 0 Å². The van der Waals surface area contributed by atoms with E-state index in [1.165, 1.54) is 64.2 Å². The largest absolute Gasteiger partial charge is 0.317 e. The van der Waals surface area contributed by atoms with Gasteiger partial charge in [-0.25, -0.2) is 0 Å². The van der Waals surface area contributed by atoms with Crippen molar-refractivity contribution >= 4 is 0 Å². The van der Waals surface area contributed by atoms with Crippen LogP contribution in [0.1, 0.15) is 78.1 Å². The van der Waals surface area contributed by atoms with Crippen LogP contribution in [-0.4, -0.2) is 13.1 Å². The third kappa shape index (κ3) is 10.2. The lowest BCUT2D eigenvalue weighted by atomic mass is 10.0. The van der Waals surface area contributed by atoms with Crippen LogP contribution in [0.3, 0.4) is 0 Å². The standard InChI is InChI=1S/C14H31N/c1-4-6-8-9-11-13-14(15-3)12-10-7-5-2/h14-15H,4-13H2,1-3H3. The molecule has 0 radical (unpaired) electrons. The fourth-order valence-electron chi connectivity index (χ4n) is 2.07. The van der Waals surface area contributed by atoms with Gasteiger partial charge in [-0.05, 0) is 19.9 Å². The van der Waals surface area contributed by atoms with Gasteiger partial charge in [-0.3, -0.25) is 0 Å². The summed E-state index contributed by atoms with van der Waals surface area (Å²) in [5.74, 6) is 0. The Labute approximate surface area is 97.0 Å². The Morgan fingerprint density at radius 3 is 1.73 bits per heavy atom. The van der Waals surface area contributed by atoms with Gasteiger partial charge in [0.15, 0.2) is 0 Å². The minimum Gasteiger partial charge on any atom is -0.317 e. The van der Waals surface area contributed by atoms with E-state index < -0.39 is 0 Å². The molecule has 0 bridgehead atoms. The van der Waals surface area contributed by atoms with Crippen LogP contribution in [0.5, 0.6) is 0 Å². The molecule has 0 saturated heterocycles. The normalized spacial score (nSPS) is 13.0. The van der Waals surface area contributed by atoms with Crippen molar-refractivity contribution in [3.63, 3.8) is 0 Å². The second kappa shape index (κ2) is 12.0. The molecular weight excluding hydrogens is 182 g/mol. The van der Waals surface area contributed by atoms with Gasteiger partial charge in [0, 0.05) is 6.04 Å². The zero-order valence-electron chi connectivity index (χ0n) is 11.1. The van der Waals surface area contributed by atoms with Crippen LogP contribution >= 0.6 is 0 Å². The molecule has 0 aliphatic carbocycles. The van der Waals surface area contributed by atoms with Crippen molar-refractivity contribution in [3.05, 3.63) is 0 Å². The lowest BCUT2D eigenvalue weighted by molar-refractivity contribution is 0.441. The Kier molecular flexibility index (Phi) is 12.0.